The molecular weight excluding hydrogens is 353 g/mol. The lowest BCUT2D eigenvalue weighted by atomic mass is 9.82. The first-order valence-corrected chi connectivity index (χ1v) is 10.3. The highest BCUT2D eigenvalue weighted by molar-refractivity contribution is 5.20. The lowest BCUT2D eigenvalue weighted by Crippen LogP contribution is -2.80. The fourth-order valence-corrected chi connectivity index (χ4v) is 5.31. The van der Waals surface area contributed by atoms with Gasteiger partial charge in [0, 0.05) is 57.4 Å². The maximum absolute atomic E-state index is 14.1. The van der Waals surface area contributed by atoms with Crippen molar-refractivity contribution in [2.24, 2.45) is 0 Å². The van der Waals surface area contributed by atoms with Gasteiger partial charge >= 0.3 is 0 Å². The normalized spacial score (nSPS) is 25.4. The molecule has 0 radical (unpaired) electrons. The lowest BCUT2D eigenvalue weighted by Gasteiger charge is -2.63. The van der Waals surface area contributed by atoms with Crippen LogP contribution in [-0.2, 0) is 17.8 Å². The lowest BCUT2D eigenvalue weighted by molar-refractivity contribution is -0.168. The van der Waals surface area contributed by atoms with E-state index in [4.69, 9.17) is 4.74 Å². The van der Waals surface area contributed by atoms with Gasteiger partial charge in [-0.05, 0) is 11.6 Å². The van der Waals surface area contributed by atoms with E-state index in [1.54, 1.807) is 12.1 Å². The average molecular weight is 381 g/mol. The molecule has 2 aromatic carbocycles. The van der Waals surface area contributed by atoms with Crippen molar-refractivity contribution in [2.45, 2.75) is 24.7 Å². The first-order chi connectivity index (χ1) is 13.7. The van der Waals surface area contributed by atoms with E-state index in [1.807, 2.05) is 12.1 Å². The predicted octanol–water partition coefficient (Wildman–Crippen LogP) is 2.60. The van der Waals surface area contributed by atoms with Crippen LogP contribution in [0.4, 0.5) is 4.39 Å². The van der Waals surface area contributed by atoms with Gasteiger partial charge in [0.2, 0.25) is 0 Å². The Labute approximate surface area is 166 Å². The standard InChI is InChI=1S/C23H28FN3O/c24-22-9-5-4-8-20(22)13-26-17-23(18-26)16-25(12-19-6-2-1-3-7-19)14-21-15-28-11-10-27(21)23/h1-9,21H,10-18H2/t21-/m1/s1. The van der Waals surface area contributed by atoms with E-state index in [-0.39, 0.29) is 11.4 Å². The summed E-state index contributed by atoms with van der Waals surface area (Å²) in [7, 11) is 0. The van der Waals surface area contributed by atoms with E-state index in [2.05, 4.69) is 45.0 Å². The van der Waals surface area contributed by atoms with Gasteiger partial charge in [-0.15, -0.1) is 0 Å². The molecule has 2 aromatic rings. The van der Waals surface area contributed by atoms with Crippen LogP contribution in [0.25, 0.3) is 0 Å². The third-order valence-corrected chi connectivity index (χ3v) is 6.46. The first kappa shape index (κ1) is 18.3. The number of rotatable bonds is 4. The molecule has 3 aliphatic heterocycles. The SMILES string of the molecule is Fc1ccccc1CN1CC2(CN(Cc3ccccc3)C[C@@H]3COCCN32)C1. The molecule has 0 aliphatic carbocycles. The van der Waals surface area contributed by atoms with E-state index < -0.39 is 0 Å². The second kappa shape index (κ2) is 7.56. The number of halogens is 1. The number of nitrogens with zero attached hydrogens (tertiary/aromatic N) is 3. The number of hydrogen-bond acceptors (Lipinski definition) is 4. The molecule has 1 atom stereocenters. The predicted molar refractivity (Wildman–Crippen MR) is 107 cm³/mol. The van der Waals surface area contributed by atoms with Gasteiger partial charge in [0.25, 0.3) is 0 Å². The van der Waals surface area contributed by atoms with E-state index >= 15 is 0 Å². The van der Waals surface area contributed by atoms with Gasteiger partial charge in [-0.25, -0.2) is 4.39 Å². The Hall–Kier alpha value is -1.79. The maximum Gasteiger partial charge on any atom is 0.127 e. The van der Waals surface area contributed by atoms with Crippen LogP contribution in [0.3, 0.4) is 0 Å². The Morgan fingerprint density at radius 3 is 2.50 bits per heavy atom. The zero-order valence-corrected chi connectivity index (χ0v) is 16.3. The molecule has 1 spiro atoms. The Morgan fingerprint density at radius 2 is 1.68 bits per heavy atom. The number of ether oxygens (including phenoxy) is 1. The summed E-state index contributed by atoms with van der Waals surface area (Å²) in [6.45, 7) is 8.48. The molecule has 28 heavy (non-hydrogen) atoms. The van der Waals surface area contributed by atoms with Crippen LogP contribution in [0.15, 0.2) is 54.6 Å². The number of fused-ring (bicyclic) bond motifs is 2. The molecule has 0 unspecified atom stereocenters. The van der Waals surface area contributed by atoms with E-state index in [0.29, 0.717) is 12.6 Å². The Bertz CT molecular complexity index is 809. The Morgan fingerprint density at radius 1 is 0.929 bits per heavy atom. The number of likely N-dealkylation sites (tertiary alicyclic amines) is 1. The Balaban J connectivity index is 1.30. The van der Waals surface area contributed by atoms with Crippen LogP contribution in [0, 0.1) is 5.82 Å². The van der Waals surface area contributed by atoms with E-state index in [9.17, 15) is 4.39 Å². The second-order valence-corrected chi connectivity index (χ2v) is 8.54. The van der Waals surface area contributed by atoms with Gasteiger partial charge in [-0.3, -0.25) is 14.7 Å². The number of morpholine rings is 1. The van der Waals surface area contributed by atoms with Gasteiger partial charge < -0.3 is 4.74 Å². The minimum atomic E-state index is -0.0953. The molecule has 0 saturated carbocycles. The first-order valence-electron chi connectivity index (χ1n) is 10.3. The van der Waals surface area contributed by atoms with Crippen molar-refractivity contribution in [3.8, 4) is 0 Å². The molecule has 3 fully saturated rings. The van der Waals surface area contributed by atoms with Crippen LogP contribution in [0.2, 0.25) is 0 Å². The molecule has 3 aliphatic rings. The van der Waals surface area contributed by atoms with Crippen molar-refractivity contribution in [2.75, 3.05) is 45.9 Å². The monoisotopic (exact) mass is 381 g/mol. The van der Waals surface area contributed by atoms with E-state index in [1.165, 1.54) is 5.56 Å². The van der Waals surface area contributed by atoms with Crippen molar-refractivity contribution in [3.63, 3.8) is 0 Å². The quantitative estimate of drug-likeness (QED) is 0.810. The maximum atomic E-state index is 14.1. The van der Waals surface area contributed by atoms with Crippen molar-refractivity contribution >= 4 is 0 Å². The molecule has 0 amide bonds. The summed E-state index contributed by atoms with van der Waals surface area (Å²) in [5.74, 6) is -0.0953. The summed E-state index contributed by atoms with van der Waals surface area (Å²) >= 11 is 0. The van der Waals surface area contributed by atoms with Crippen LogP contribution >= 0.6 is 0 Å². The highest BCUT2D eigenvalue weighted by Gasteiger charge is 2.53. The van der Waals surface area contributed by atoms with Crippen molar-refractivity contribution in [1.82, 2.24) is 14.7 Å². The molecule has 5 rings (SSSR count). The molecule has 0 N–H and O–H groups in total. The molecule has 5 heteroatoms. The minimum Gasteiger partial charge on any atom is -0.378 e. The molecule has 0 aromatic heterocycles. The largest absolute Gasteiger partial charge is 0.378 e. The fraction of sp³-hybridized carbons (Fsp3) is 0.478. The van der Waals surface area contributed by atoms with Gasteiger partial charge in [-0.2, -0.15) is 0 Å². The zero-order chi connectivity index (χ0) is 19.0. The van der Waals surface area contributed by atoms with Crippen LogP contribution in [-0.4, -0.2) is 72.2 Å². The summed E-state index contributed by atoms with van der Waals surface area (Å²) < 4.78 is 19.9. The van der Waals surface area contributed by atoms with Gasteiger partial charge in [0.15, 0.2) is 0 Å². The molecule has 148 valence electrons. The van der Waals surface area contributed by atoms with E-state index in [0.717, 1.165) is 58.0 Å². The molecule has 3 heterocycles. The summed E-state index contributed by atoms with van der Waals surface area (Å²) in [5.41, 5.74) is 2.34. The third-order valence-electron chi connectivity index (χ3n) is 6.46. The van der Waals surface area contributed by atoms with Gasteiger partial charge in [-0.1, -0.05) is 48.5 Å². The highest BCUT2D eigenvalue weighted by Crippen LogP contribution is 2.37. The summed E-state index contributed by atoms with van der Waals surface area (Å²) in [6, 6.07) is 18.3. The van der Waals surface area contributed by atoms with Gasteiger partial charge in [0.1, 0.15) is 5.82 Å². The van der Waals surface area contributed by atoms with Crippen LogP contribution in [0.1, 0.15) is 11.1 Å². The fourth-order valence-electron chi connectivity index (χ4n) is 5.31. The highest BCUT2D eigenvalue weighted by atomic mass is 19.1. The topological polar surface area (TPSA) is 19.0 Å². The molecule has 3 saturated heterocycles. The molecular formula is C23H28FN3O. The van der Waals surface area contributed by atoms with Gasteiger partial charge in [0.05, 0.1) is 18.8 Å². The number of hydrogen-bond donors (Lipinski definition) is 0. The van der Waals surface area contributed by atoms with Crippen molar-refractivity contribution in [1.29, 1.82) is 0 Å². The third kappa shape index (κ3) is 3.48. The molecule has 4 nitrogen and oxygen atoms in total. The summed E-state index contributed by atoms with van der Waals surface area (Å²) in [5, 5.41) is 0. The smallest absolute Gasteiger partial charge is 0.127 e. The van der Waals surface area contributed by atoms with Crippen LogP contribution in [0.5, 0.6) is 0 Å². The number of benzene rings is 2. The summed E-state index contributed by atoms with van der Waals surface area (Å²) in [6.07, 6.45) is 0. The van der Waals surface area contributed by atoms with Crippen molar-refractivity contribution in [3.05, 3.63) is 71.5 Å². The minimum absolute atomic E-state index is 0.0953. The summed E-state index contributed by atoms with van der Waals surface area (Å²) in [4.78, 5) is 7.67. The van der Waals surface area contributed by atoms with Crippen LogP contribution < -0.4 is 0 Å². The molecule has 0 bridgehead atoms. The van der Waals surface area contributed by atoms with Crippen molar-refractivity contribution < 1.29 is 9.13 Å². The zero-order valence-electron chi connectivity index (χ0n) is 16.3. The Kier molecular flexibility index (Phi) is 4.93. The number of piperazine rings is 1. The average Bonchev–Trinajstić information content (AvgIpc) is 2.69. The second-order valence-electron chi connectivity index (χ2n) is 8.54.